The molecule has 2 aromatic carbocycles. The standard InChI is InChI=1S/C17H18N2O2/c18-13-6-7-19(9-13)8-11-4-5-12-10-21-17(20)15-3-1-2-14(11)16(12)15/h1-5,13H,6-10,18H2/t13-/m0/s1. The van der Waals surface area contributed by atoms with Gasteiger partial charge in [-0.3, -0.25) is 4.90 Å². The summed E-state index contributed by atoms with van der Waals surface area (Å²) in [6.07, 6.45) is 1.06. The first-order valence-corrected chi connectivity index (χ1v) is 7.41. The van der Waals surface area contributed by atoms with Crippen LogP contribution in [0.5, 0.6) is 0 Å². The van der Waals surface area contributed by atoms with E-state index in [4.69, 9.17) is 10.5 Å². The van der Waals surface area contributed by atoms with Crippen LogP contribution in [-0.2, 0) is 17.9 Å². The molecule has 0 aromatic heterocycles. The van der Waals surface area contributed by atoms with Gasteiger partial charge in [-0.05, 0) is 29.0 Å². The zero-order chi connectivity index (χ0) is 14.4. The van der Waals surface area contributed by atoms with Gasteiger partial charge in [-0.25, -0.2) is 4.79 Å². The summed E-state index contributed by atoms with van der Waals surface area (Å²) in [5, 5.41) is 2.23. The molecule has 2 aliphatic heterocycles. The molecule has 2 aromatic rings. The summed E-state index contributed by atoms with van der Waals surface area (Å²) >= 11 is 0. The second-order valence-electron chi connectivity index (χ2n) is 5.97. The molecule has 21 heavy (non-hydrogen) atoms. The normalized spacial score (nSPS) is 21.8. The van der Waals surface area contributed by atoms with Crippen molar-refractivity contribution in [3.05, 3.63) is 47.0 Å². The highest BCUT2D eigenvalue weighted by atomic mass is 16.5. The van der Waals surface area contributed by atoms with Crippen molar-refractivity contribution in [3.8, 4) is 0 Å². The predicted octanol–water partition coefficient (Wildman–Crippen LogP) is 2.04. The van der Waals surface area contributed by atoms with Gasteiger partial charge in [0.25, 0.3) is 0 Å². The molecule has 108 valence electrons. The Kier molecular flexibility index (Phi) is 2.94. The van der Waals surface area contributed by atoms with Gasteiger partial charge in [0.05, 0.1) is 5.56 Å². The Bertz CT molecular complexity index is 726. The van der Waals surface area contributed by atoms with E-state index in [1.165, 1.54) is 10.9 Å². The number of ether oxygens (including phenoxy) is 1. The smallest absolute Gasteiger partial charge is 0.339 e. The minimum atomic E-state index is -0.214. The first kappa shape index (κ1) is 12.8. The van der Waals surface area contributed by atoms with Gasteiger partial charge in [-0.2, -0.15) is 0 Å². The molecule has 4 nitrogen and oxygen atoms in total. The highest BCUT2D eigenvalue weighted by Crippen LogP contribution is 2.31. The fourth-order valence-electron chi connectivity index (χ4n) is 3.44. The number of cyclic esters (lactones) is 1. The van der Waals surface area contributed by atoms with E-state index in [-0.39, 0.29) is 5.97 Å². The molecule has 0 amide bonds. The highest BCUT2D eigenvalue weighted by molar-refractivity contribution is 6.08. The van der Waals surface area contributed by atoms with Crippen LogP contribution in [0.2, 0.25) is 0 Å². The Labute approximate surface area is 123 Å². The third kappa shape index (κ3) is 2.11. The van der Waals surface area contributed by atoms with Gasteiger partial charge >= 0.3 is 5.97 Å². The number of rotatable bonds is 2. The maximum Gasteiger partial charge on any atom is 0.339 e. The first-order valence-electron chi connectivity index (χ1n) is 7.41. The number of esters is 1. The fourth-order valence-corrected chi connectivity index (χ4v) is 3.44. The summed E-state index contributed by atoms with van der Waals surface area (Å²) < 4.78 is 5.22. The number of benzene rings is 2. The van der Waals surface area contributed by atoms with Gasteiger partial charge in [0.2, 0.25) is 0 Å². The minimum absolute atomic E-state index is 0.214. The monoisotopic (exact) mass is 282 g/mol. The van der Waals surface area contributed by atoms with E-state index < -0.39 is 0 Å². The third-order valence-electron chi connectivity index (χ3n) is 4.50. The maximum absolute atomic E-state index is 11.9. The molecule has 1 fully saturated rings. The Morgan fingerprint density at radius 2 is 2.19 bits per heavy atom. The fraction of sp³-hybridized carbons (Fsp3) is 0.353. The number of likely N-dealkylation sites (tertiary alicyclic amines) is 1. The number of nitrogens with zero attached hydrogens (tertiary/aromatic N) is 1. The number of carbonyl (C=O) groups excluding carboxylic acids is 1. The maximum atomic E-state index is 11.9. The molecule has 1 saturated heterocycles. The van der Waals surface area contributed by atoms with E-state index in [1.54, 1.807) is 0 Å². The Morgan fingerprint density at radius 3 is 3.00 bits per heavy atom. The van der Waals surface area contributed by atoms with Gasteiger partial charge in [-0.1, -0.05) is 24.3 Å². The molecular weight excluding hydrogens is 264 g/mol. The number of carbonyl (C=O) groups is 1. The van der Waals surface area contributed by atoms with Crippen molar-refractivity contribution in [2.24, 2.45) is 5.73 Å². The van der Waals surface area contributed by atoms with Crippen molar-refractivity contribution in [2.45, 2.75) is 25.6 Å². The Morgan fingerprint density at radius 1 is 1.29 bits per heavy atom. The second-order valence-corrected chi connectivity index (χ2v) is 5.97. The third-order valence-corrected chi connectivity index (χ3v) is 4.50. The van der Waals surface area contributed by atoms with Crippen molar-refractivity contribution in [2.75, 3.05) is 13.1 Å². The van der Waals surface area contributed by atoms with Gasteiger partial charge in [-0.15, -0.1) is 0 Å². The van der Waals surface area contributed by atoms with Crippen molar-refractivity contribution >= 4 is 16.7 Å². The Balaban J connectivity index is 1.79. The van der Waals surface area contributed by atoms with Crippen LogP contribution < -0.4 is 5.73 Å². The first-order chi connectivity index (χ1) is 10.2. The van der Waals surface area contributed by atoms with E-state index >= 15 is 0 Å². The van der Waals surface area contributed by atoms with E-state index in [2.05, 4.69) is 23.1 Å². The lowest BCUT2D eigenvalue weighted by atomic mass is 9.94. The molecule has 0 unspecified atom stereocenters. The topological polar surface area (TPSA) is 55.6 Å². The van der Waals surface area contributed by atoms with Gasteiger partial charge in [0, 0.05) is 31.1 Å². The number of hydrogen-bond acceptors (Lipinski definition) is 4. The molecule has 0 radical (unpaired) electrons. The van der Waals surface area contributed by atoms with Gasteiger partial charge in [0.1, 0.15) is 6.61 Å². The molecule has 0 aliphatic carbocycles. The van der Waals surface area contributed by atoms with Crippen LogP contribution in [0, 0.1) is 0 Å². The molecule has 0 saturated carbocycles. The van der Waals surface area contributed by atoms with Crippen LogP contribution in [0.4, 0.5) is 0 Å². The van der Waals surface area contributed by atoms with E-state index in [0.717, 1.165) is 37.0 Å². The lowest BCUT2D eigenvalue weighted by Crippen LogP contribution is -2.26. The molecule has 0 bridgehead atoms. The summed E-state index contributed by atoms with van der Waals surface area (Å²) in [5.41, 5.74) is 9.04. The number of hydrogen-bond donors (Lipinski definition) is 1. The zero-order valence-corrected chi connectivity index (χ0v) is 11.8. The van der Waals surface area contributed by atoms with Crippen LogP contribution in [0.3, 0.4) is 0 Å². The average Bonchev–Trinajstić information content (AvgIpc) is 2.90. The van der Waals surface area contributed by atoms with E-state index in [0.29, 0.717) is 18.2 Å². The molecule has 0 spiro atoms. The summed E-state index contributed by atoms with van der Waals surface area (Å²) in [6, 6.07) is 10.4. The van der Waals surface area contributed by atoms with E-state index in [1.807, 2.05) is 12.1 Å². The van der Waals surface area contributed by atoms with Crippen molar-refractivity contribution in [1.29, 1.82) is 0 Å². The molecule has 1 atom stereocenters. The van der Waals surface area contributed by atoms with Crippen molar-refractivity contribution in [1.82, 2.24) is 4.90 Å². The van der Waals surface area contributed by atoms with Crippen LogP contribution in [0.15, 0.2) is 30.3 Å². The highest BCUT2D eigenvalue weighted by Gasteiger charge is 2.23. The summed E-state index contributed by atoms with van der Waals surface area (Å²) in [5.74, 6) is -0.214. The van der Waals surface area contributed by atoms with E-state index in [9.17, 15) is 4.79 Å². The quantitative estimate of drug-likeness (QED) is 0.856. The van der Waals surface area contributed by atoms with Crippen LogP contribution in [0.1, 0.15) is 27.9 Å². The number of nitrogens with two attached hydrogens (primary N) is 1. The Hall–Kier alpha value is -1.91. The summed E-state index contributed by atoms with van der Waals surface area (Å²) in [7, 11) is 0. The molecular formula is C17H18N2O2. The minimum Gasteiger partial charge on any atom is -0.457 e. The molecule has 2 aliphatic rings. The second kappa shape index (κ2) is 4.83. The molecule has 2 N–H and O–H groups in total. The zero-order valence-electron chi connectivity index (χ0n) is 11.8. The average molecular weight is 282 g/mol. The lowest BCUT2D eigenvalue weighted by molar-refractivity contribution is 0.0463. The lowest BCUT2D eigenvalue weighted by Gasteiger charge is -2.21. The predicted molar refractivity (Wildman–Crippen MR) is 80.9 cm³/mol. The van der Waals surface area contributed by atoms with Gasteiger partial charge < -0.3 is 10.5 Å². The summed E-state index contributed by atoms with van der Waals surface area (Å²) in [6.45, 7) is 3.27. The SMILES string of the molecule is N[C@H]1CCN(Cc2ccc3c4c(cccc24)C(=O)OC3)C1. The molecule has 4 rings (SSSR count). The van der Waals surface area contributed by atoms with Crippen molar-refractivity contribution in [3.63, 3.8) is 0 Å². The largest absolute Gasteiger partial charge is 0.457 e. The van der Waals surface area contributed by atoms with Crippen molar-refractivity contribution < 1.29 is 9.53 Å². The van der Waals surface area contributed by atoms with Gasteiger partial charge in [0.15, 0.2) is 0 Å². The van der Waals surface area contributed by atoms with Crippen LogP contribution in [0.25, 0.3) is 10.8 Å². The van der Waals surface area contributed by atoms with Crippen LogP contribution >= 0.6 is 0 Å². The molecule has 4 heteroatoms. The molecule has 2 heterocycles. The summed E-state index contributed by atoms with van der Waals surface area (Å²) in [4.78, 5) is 14.3. The van der Waals surface area contributed by atoms with Crippen LogP contribution in [-0.4, -0.2) is 30.0 Å².